The third-order valence-corrected chi connectivity index (χ3v) is 4.82. The molecular formula is C22H19F2N7O. The van der Waals surface area contributed by atoms with Gasteiger partial charge in [-0.2, -0.15) is 0 Å². The lowest BCUT2D eigenvalue weighted by Gasteiger charge is -2.10. The Labute approximate surface area is 182 Å². The summed E-state index contributed by atoms with van der Waals surface area (Å²) >= 11 is 0. The van der Waals surface area contributed by atoms with Crippen LogP contribution in [0.5, 0.6) is 0 Å². The Kier molecular flexibility index (Phi) is 6.11. The summed E-state index contributed by atoms with van der Waals surface area (Å²) in [6, 6.07) is 12.4. The smallest absolute Gasteiger partial charge is 0.251 e. The van der Waals surface area contributed by atoms with Crippen LogP contribution in [0.1, 0.15) is 21.7 Å². The van der Waals surface area contributed by atoms with Gasteiger partial charge in [0, 0.05) is 36.6 Å². The molecule has 0 aliphatic rings. The Morgan fingerprint density at radius 2 is 1.91 bits per heavy atom. The molecule has 0 atom stereocenters. The predicted molar refractivity (Wildman–Crippen MR) is 113 cm³/mol. The van der Waals surface area contributed by atoms with Crippen LogP contribution in [0.25, 0.3) is 11.5 Å². The second-order valence-electron chi connectivity index (χ2n) is 6.92. The molecule has 0 unspecified atom stereocenters. The molecule has 0 saturated heterocycles. The molecule has 2 N–H and O–H groups in total. The van der Waals surface area contributed by atoms with Gasteiger partial charge < -0.3 is 15.2 Å². The van der Waals surface area contributed by atoms with Crippen LogP contribution in [0.4, 0.5) is 14.5 Å². The third kappa shape index (κ3) is 4.59. The highest BCUT2D eigenvalue weighted by molar-refractivity contribution is 5.95. The first-order chi connectivity index (χ1) is 15.5. The molecule has 2 heterocycles. The average Bonchev–Trinajstić information content (AvgIpc) is 3.19. The summed E-state index contributed by atoms with van der Waals surface area (Å²) in [5, 5.41) is 14.2. The zero-order valence-corrected chi connectivity index (χ0v) is 17.1. The molecule has 1 amide bonds. The van der Waals surface area contributed by atoms with Crippen molar-refractivity contribution < 1.29 is 13.6 Å². The number of amides is 1. The first-order valence-electron chi connectivity index (χ1n) is 9.72. The van der Waals surface area contributed by atoms with E-state index in [-0.39, 0.29) is 12.1 Å². The van der Waals surface area contributed by atoms with E-state index in [9.17, 15) is 13.6 Å². The van der Waals surface area contributed by atoms with Crippen molar-refractivity contribution in [3.05, 3.63) is 89.6 Å². The van der Waals surface area contributed by atoms with Crippen LogP contribution < -0.4 is 10.6 Å². The lowest BCUT2D eigenvalue weighted by atomic mass is 10.1. The molecule has 0 radical (unpaired) electrons. The molecule has 4 aromatic rings. The molecule has 0 bridgehead atoms. The molecule has 0 aliphatic carbocycles. The van der Waals surface area contributed by atoms with Crippen molar-refractivity contribution in [2.24, 2.45) is 7.05 Å². The Hall–Kier alpha value is -4.21. The Bertz CT molecular complexity index is 1240. The number of nitrogens with zero attached hydrogens (tertiary/aromatic N) is 5. The zero-order valence-electron chi connectivity index (χ0n) is 17.1. The maximum Gasteiger partial charge on any atom is 0.251 e. The number of anilines is 1. The summed E-state index contributed by atoms with van der Waals surface area (Å²) in [6.45, 7) is 0.249. The molecule has 2 aromatic heterocycles. The molecule has 0 fully saturated rings. The number of carbonyl (C=O) groups excluding carboxylic acids is 1. The first kappa shape index (κ1) is 21.0. The van der Waals surface area contributed by atoms with Crippen LogP contribution in [0.3, 0.4) is 0 Å². The average molecular weight is 435 g/mol. The third-order valence-electron chi connectivity index (χ3n) is 4.82. The van der Waals surface area contributed by atoms with Crippen molar-refractivity contribution in [1.29, 1.82) is 0 Å². The monoisotopic (exact) mass is 435 g/mol. The molecule has 10 heteroatoms. The lowest BCUT2D eigenvalue weighted by Crippen LogP contribution is -2.23. The van der Waals surface area contributed by atoms with Crippen molar-refractivity contribution in [3.8, 4) is 11.5 Å². The quantitative estimate of drug-likeness (QED) is 0.463. The van der Waals surface area contributed by atoms with E-state index in [0.717, 1.165) is 6.07 Å². The van der Waals surface area contributed by atoms with Gasteiger partial charge in [0.05, 0.1) is 6.54 Å². The normalized spacial score (nSPS) is 10.7. The number of halogens is 2. The number of benzene rings is 2. The minimum absolute atomic E-state index is 0.0782. The first-order valence-corrected chi connectivity index (χ1v) is 9.72. The molecule has 4 rings (SSSR count). The zero-order chi connectivity index (χ0) is 22.5. The van der Waals surface area contributed by atoms with Gasteiger partial charge in [-0.3, -0.25) is 4.79 Å². The van der Waals surface area contributed by atoms with E-state index in [4.69, 9.17) is 0 Å². The standard InChI is InChI=1S/C22H19F2N7O/c1-31-19(29-30-21(31)18-8-9-25-13-28-18)12-26-16-6-2-4-14(10-16)22(32)27-11-15-5-3-7-17(23)20(15)24/h2-10,13,26H,11-12H2,1H3,(H,27,32). The number of hydrogen-bond acceptors (Lipinski definition) is 6. The van der Waals surface area contributed by atoms with Crippen LogP contribution in [0.15, 0.2) is 61.1 Å². The van der Waals surface area contributed by atoms with Gasteiger partial charge in [-0.05, 0) is 30.3 Å². The van der Waals surface area contributed by atoms with Crippen molar-refractivity contribution >= 4 is 11.6 Å². The number of rotatable bonds is 7. The predicted octanol–water partition coefficient (Wildman–Crippen LogP) is 3.09. The molecular weight excluding hydrogens is 416 g/mol. The van der Waals surface area contributed by atoms with Gasteiger partial charge in [0.25, 0.3) is 5.91 Å². The number of carbonyl (C=O) groups is 1. The van der Waals surface area contributed by atoms with E-state index in [2.05, 4.69) is 30.8 Å². The van der Waals surface area contributed by atoms with Crippen LogP contribution in [0.2, 0.25) is 0 Å². The molecule has 2 aromatic carbocycles. The van der Waals surface area contributed by atoms with Crippen LogP contribution in [-0.4, -0.2) is 30.6 Å². The summed E-state index contributed by atoms with van der Waals surface area (Å²) in [5.74, 6) is -1.03. The van der Waals surface area contributed by atoms with Gasteiger partial charge in [-0.15, -0.1) is 10.2 Å². The fourth-order valence-electron chi connectivity index (χ4n) is 3.08. The second kappa shape index (κ2) is 9.29. The van der Waals surface area contributed by atoms with E-state index in [1.165, 1.54) is 18.5 Å². The summed E-state index contributed by atoms with van der Waals surface area (Å²) < 4.78 is 28.9. The van der Waals surface area contributed by atoms with E-state index >= 15 is 0 Å². The summed E-state index contributed by atoms with van der Waals surface area (Å²) in [7, 11) is 1.84. The van der Waals surface area contributed by atoms with E-state index < -0.39 is 17.5 Å². The van der Waals surface area contributed by atoms with E-state index in [1.54, 1.807) is 30.5 Å². The SMILES string of the molecule is Cn1c(CNc2cccc(C(=O)NCc3cccc(F)c3F)c2)nnc1-c1ccncn1. The topological polar surface area (TPSA) is 97.6 Å². The van der Waals surface area contributed by atoms with E-state index in [0.29, 0.717) is 35.1 Å². The maximum atomic E-state index is 13.8. The summed E-state index contributed by atoms with van der Waals surface area (Å²) in [5.41, 5.74) is 1.82. The highest BCUT2D eigenvalue weighted by Crippen LogP contribution is 2.16. The van der Waals surface area contributed by atoms with Crippen LogP contribution in [-0.2, 0) is 20.1 Å². The number of aromatic nitrogens is 5. The highest BCUT2D eigenvalue weighted by Gasteiger charge is 2.13. The Morgan fingerprint density at radius 3 is 2.72 bits per heavy atom. The Balaban J connectivity index is 1.40. The molecule has 0 spiro atoms. The maximum absolute atomic E-state index is 13.8. The van der Waals surface area contributed by atoms with Gasteiger partial charge in [0.15, 0.2) is 23.3 Å². The minimum atomic E-state index is -0.965. The molecule has 8 nitrogen and oxygen atoms in total. The second-order valence-corrected chi connectivity index (χ2v) is 6.92. The van der Waals surface area contributed by atoms with Crippen molar-refractivity contribution in [2.75, 3.05) is 5.32 Å². The van der Waals surface area contributed by atoms with Gasteiger partial charge >= 0.3 is 0 Å². The fourth-order valence-corrected chi connectivity index (χ4v) is 3.08. The van der Waals surface area contributed by atoms with Gasteiger partial charge in [-0.1, -0.05) is 18.2 Å². The minimum Gasteiger partial charge on any atom is -0.378 e. The molecule has 0 saturated carbocycles. The highest BCUT2D eigenvalue weighted by atomic mass is 19.2. The van der Waals surface area contributed by atoms with E-state index in [1.807, 2.05) is 17.7 Å². The lowest BCUT2D eigenvalue weighted by molar-refractivity contribution is 0.0950. The molecule has 32 heavy (non-hydrogen) atoms. The van der Waals surface area contributed by atoms with Gasteiger partial charge in [0.2, 0.25) is 0 Å². The van der Waals surface area contributed by atoms with Crippen molar-refractivity contribution in [2.45, 2.75) is 13.1 Å². The number of nitrogens with one attached hydrogen (secondary N) is 2. The van der Waals surface area contributed by atoms with Crippen molar-refractivity contribution in [1.82, 2.24) is 30.0 Å². The van der Waals surface area contributed by atoms with Crippen molar-refractivity contribution in [3.63, 3.8) is 0 Å². The van der Waals surface area contributed by atoms with Crippen LogP contribution in [0, 0.1) is 11.6 Å². The van der Waals surface area contributed by atoms with Gasteiger partial charge in [-0.25, -0.2) is 18.7 Å². The molecule has 0 aliphatic heterocycles. The fraction of sp³-hybridized carbons (Fsp3) is 0.136. The largest absolute Gasteiger partial charge is 0.378 e. The summed E-state index contributed by atoms with van der Waals surface area (Å²) in [4.78, 5) is 20.5. The summed E-state index contributed by atoms with van der Waals surface area (Å²) in [6.07, 6.45) is 3.08. The van der Waals surface area contributed by atoms with Gasteiger partial charge in [0.1, 0.15) is 12.0 Å². The number of hydrogen-bond donors (Lipinski definition) is 2. The van der Waals surface area contributed by atoms with Crippen LogP contribution >= 0.6 is 0 Å². The molecule has 162 valence electrons. The Morgan fingerprint density at radius 1 is 1.06 bits per heavy atom.